The van der Waals surface area contributed by atoms with Gasteiger partial charge in [0, 0.05) is 32.2 Å². The zero-order valence-corrected chi connectivity index (χ0v) is 11.4. The van der Waals surface area contributed by atoms with Gasteiger partial charge in [0.15, 0.2) is 0 Å². The molecule has 0 spiro atoms. The number of aliphatic hydroxyl groups is 1. The Morgan fingerprint density at radius 2 is 2.45 bits per heavy atom. The quantitative estimate of drug-likeness (QED) is 0.592. The van der Waals surface area contributed by atoms with Gasteiger partial charge in [-0.05, 0) is 12.8 Å². The fraction of sp³-hybridized carbons (Fsp3) is 0.667. The summed E-state index contributed by atoms with van der Waals surface area (Å²) in [7, 11) is 0. The third-order valence-corrected chi connectivity index (χ3v) is 3.32. The van der Waals surface area contributed by atoms with Gasteiger partial charge in [-0.2, -0.15) is 4.98 Å². The van der Waals surface area contributed by atoms with Crippen molar-refractivity contribution in [3.63, 3.8) is 0 Å². The van der Waals surface area contributed by atoms with Crippen LogP contribution in [-0.2, 0) is 0 Å². The van der Waals surface area contributed by atoms with Crippen LogP contribution in [0.3, 0.4) is 0 Å². The van der Waals surface area contributed by atoms with Gasteiger partial charge in [-0.15, -0.1) is 0 Å². The SMILES string of the molecule is CCCNc1ncc([N+](=O)[O-])c(N2CCC(CO)C2)n1. The zero-order valence-electron chi connectivity index (χ0n) is 11.4. The molecule has 0 aliphatic carbocycles. The van der Waals surface area contributed by atoms with Crippen LogP contribution < -0.4 is 10.2 Å². The molecule has 1 fully saturated rings. The van der Waals surface area contributed by atoms with E-state index >= 15 is 0 Å². The van der Waals surface area contributed by atoms with Crippen molar-refractivity contribution in [3.05, 3.63) is 16.3 Å². The van der Waals surface area contributed by atoms with Crippen molar-refractivity contribution in [3.8, 4) is 0 Å². The first kappa shape index (κ1) is 14.4. The Morgan fingerprint density at radius 3 is 3.05 bits per heavy atom. The number of aliphatic hydroxyl groups excluding tert-OH is 1. The average Bonchev–Trinajstić information content (AvgIpc) is 2.93. The summed E-state index contributed by atoms with van der Waals surface area (Å²) < 4.78 is 0. The second-order valence-electron chi connectivity index (χ2n) is 4.87. The summed E-state index contributed by atoms with van der Waals surface area (Å²) in [6.07, 6.45) is 2.98. The number of aromatic nitrogens is 2. The lowest BCUT2D eigenvalue weighted by molar-refractivity contribution is -0.384. The van der Waals surface area contributed by atoms with Gasteiger partial charge in [0.25, 0.3) is 0 Å². The predicted octanol–water partition coefficient (Wildman–Crippen LogP) is 1.03. The van der Waals surface area contributed by atoms with Crippen LogP contribution in [0.1, 0.15) is 19.8 Å². The van der Waals surface area contributed by atoms with Crippen LogP contribution in [0.5, 0.6) is 0 Å². The zero-order chi connectivity index (χ0) is 14.5. The minimum Gasteiger partial charge on any atom is -0.396 e. The average molecular weight is 281 g/mol. The van der Waals surface area contributed by atoms with Crippen LogP contribution in [0.15, 0.2) is 6.20 Å². The third-order valence-electron chi connectivity index (χ3n) is 3.32. The molecule has 2 heterocycles. The molecule has 1 aliphatic rings. The van der Waals surface area contributed by atoms with Crippen molar-refractivity contribution in [2.75, 3.05) is 36.5 Å². The van der Waals surface area contributed by atoms with Crippen molar-refractivity contribution in [1.82, 2.24) is 9.97 Å². The number of hydrogen-bond acceptors (Lipinski definition) is 7. The van der Waals surface area contributed by atoms with E-state index in [1.54, 1.807) is 0 Å². The molecule has 0 radical (unpaired) electrons. The number of hydrogen-bond donors (Lipinski definition) is 2. The molecule has 2 N–H and O–H groups in total. The first-order chi connectivity index (χ1) is 9.65. The Labute approximate surface area is 117 Å². The van der Waals surface area contributed by atoms with Crippen LogP contribution in [0.25, 0.3) is 0 Å². The highest BCUT2D eigenvalue weighted by molar-refractivity contribution is 5.59. The normalized spacial score (nSPS) is 18.3. The molecular formula is C12H19N5O3. The molecule has 1 unspecified atom stereocenters. The maximum Gasteiger partial charge on any atom is 0.329 e. The predicted molar refractivity (Wildman–Crippen MR) is 74.9 cm³/mol. The molecule has 8 nitrogen and oxygen atoms in total. The van der Waals surface area contributed by atoms with Gasteiger partial charge >= 0.3 is 5.69 Å². The number of nitrogens with zero attached hydrogens (tertiary/aromatic N) is 4. The molecule has 2 rings (SSSR count). The molecule has 0 saturated carbocycles. The van der Waals surface area contributed by atoms with E-state index in [1.807, 2.05) is 11.8 Å². The molecule has 0 bridgehead atoms. The Balaban J connectivity index is 2.25. The van der Waals surface area contributed by atoms with Crippen LogP contribution in [-0.4, -0.2) is 46.2 Å². The van der Waals surface area contributed by atoms with E-state index in [9.17, 15) is 15.2 Å². The molecule has 0 amide bonds. The fourth-order valence-corrected chi connectivity index (χ4v) is 2.22. The number of anilines is 2. The number of rotatable bonds is 6. The van der Waals surface area contributed by atoms with Crippen LogP contribution in [0.2, 0.25) is 0 Å². The molecule has 1 aliphatic heterocycles. The van der Waals surface area contributed by atoms with Gasteiger partial charge in [-0.25, -0.2) is 4.98 Å². The second-order valence-corrected chi connectivity index (χ2v) is 4.87. The molecule has 0 aromatic carbocycles. The lowest BCUT2D eigenvalue weighted by Gasteiger charge is -2.17. The maximum atomic E-state index is 11.1. The first-order valence-electron chi connectivity index (χ1n) is 6.76. The van der Waals surface area contributed by atoms with E-state index in [2.05, 4.69) is 15.3 Å². The highest BCUT2D eigenvalue weighted by Gasteiger charge is 2.29. The smallest absolute Gasteiger partial charge is 0.329 e. The monoisotopic (exact) mass is 281 g/mol. The topological polar surface area (TPSA) is 104 Å². The van der Waals surface area contributed by atoms with Gasteiger partial charge in [0.2, 0.25) is 11.8 Å². The van der Waals surface area contributed by atoms with E-state index in [0.717, 1.165) is 19.4 Å². The Hall–Kier alpha value is -1.96. The summed E-state index contributed by atoms with van der Waals surface area (Å²) in [6, 6.07) is 0. The highest BCUT2D eigenvalue weighted by atomic mass is 16.6. The molecule has 110 valence electrons. The summed E-state index contributed by atoms with van der Waals surface area (Å²) in [5, 5.41) is 23.3. The van der Waals surface area contributed by atoms with Crippen molar-refractivity contribution in [2.24, 2.45) is 5.92 Å². The standard InChI is InChI=1S/C12H19N5O3/c1-2-4-13-12-14-6-10(17(19)20)11(15-12)16-5-3-9(7-16)8-18/h6,9,18H,2-5,7-8H2,1H3,(H,13,14,15). The van der Waals surface area contributed by atoms with Gasteiger partial charge in [-0.3, -0.25) is 10.1 Å². The number of nitrogens with one attached hydrogen (secondary N) is 1. The summed E-state index contributed by atoms with van der Waals surface area (Å²) in [6.45, 7) is 4.08. The van der Waals surface area contributed by atoms with E-state index in [-0.39, 0.29) is 18.2 Å². The second kappa shape index (κ2) is 6.47. The van der Waals surface area contributed by atoms with E-state index in [1.165, 1.54) is 6.20 Å². The molecule has 8 heteroatoms. The highest BCUT2D eigenvalue weighted by Crippen LogP contribution is 2.30. The van der Waals surface area contributed by atoms with Crippen LogP contribution in [0.4, 0.5) is 17.5 Å². The lowest BCUT2D eigenvalue weighted by Crippen LogP contribution is -2.23. The van der Waals surface area contributed by atoms with Crippen molar-refractivity contribution >= 4 is 17.5 Å². The lowest BCUT2D eigenvalue weighted by atomic mass is 10.1. The molecule has 1 saturated heterocycles. The summed E-state index contributed by atoms with van der Waals surface area (Å²) >= 11 is 0. The Bertz CT molecular complexity index is 482. The number of nitro groups is 1. The first-order valence-corrected chi connectivity index (χ1v) is 6.76. The maximum absolute atomic E-state index is 11.1. The van der Waals surface area contributed by atoms with Gasteiger partial charge in [-0.1, -0.05) is 6.92 Å². The van der Waals surface area contributed by atoms with E-state index < -0.39 is 4.92 Å². The molecule has 1 aromatic rings. The van der Waals surface area contributed by atoms with E-state index in [4.69, 9.17) is 0 Å². The molecule has 20 heavy (non-hydrogen) atoms. The minimum atomic E-state index is -0.467. The molecule has 1 atom stereocenters. The fourth-order valence-electron chi connectivity index (χ4n) is 2.22. The summed E-state index contributed by atoms with van der Waals surface area (Å²) in [5.74, 6) is 0.885. The van der Waals surface area contributed by atoms with Gasteiger partial charge < -0.3 is 15.3 Å². The third kappa shape index (κ3) is 3.13. The molecule has 1 aromatic heterocycles. The minimum absolute atomic E-state index is 0.0920. The van der Waals surface area contributed by atoms with Crippen LogP contribution >= 0.6 is 0 Å². The largest absolute Gasteiger partial charge is 0.396 e. The van der Waals surface area contributed by atoms with Gasteiger partial charge in [0.05, 0.1) is 4.92 Å². The Kier molecular flexibility index (Phi) is 4.67. The van der Waals surface area contributed by atoms with E-state index in [0.29, 0.717) is 24.9 Å². The molecular weight excluding hydrogens is 262 g/mol. The Morgan fingerprint density at radius 1 is 1.65 bits per heavy atom. The van der Waals surface area contributed by atoms with Crippen molar-refractivity contribution in [2.45, 2.75) is 19.8 Å². The van der Waals surface area contributed by atoms with Gasteiger partial charge in [0.1, 0.15) is 6.20 Å². The van der Waals surface area contributed by atoms with Crippen LogP contribution in [0, 0.1) is 16.0 Å². The van der Waals surface area contributed by atoms with Crippen molar-refractivity contribution in [1.29, 1.82) is 0 Å². The summed E-state index contributed by atoms with van der Waals surface area (Å²) in [5.41, 5.74) is -0.0920. The van der Waals surface area contributed by atoms with Crippen molar-refractivity contribution < 1.29 is 10.0 Å². The summed E-state index contributed by atoms with van der Waals surface area (Å²) in [4.78, 5) is 20.7.